The molecule has 0 spiro atoms. The van der Waals surface area contributed by atoms with Gasteiger partial charge >= 0.3 is 0 Å². The summed E-state index contributed by atoms with van der Waals surface area (Å²) in [5, 5.41) is 0.763. The summed E-state index contributed by atoms with van der Waals surface area (Å²) in [6.45, 7) is 0. The molecule has 3 heteroatoms. The van der Waals surface area contributed by atoms with Gasteiger partial charge in [-0.05, 0) is 6.07 Å². The number of pyridine rings is 1. The van der Waals surface area contributed by atoms with Crippen LogP contribution in [-0.4, -0.2) is 0 Å². The van der Waals surface area contributed by atoms with Crippen LogP contribution in [0.25, 0.3) is 5.69 Å². The Labute approximate surface area is 94.4 Å². The molecular weight excluding hydrogens is 217 g/mol. The first kappa shape index (κ1) is 11.0. The highest BCUT2D eigenvalue weighted by molar-refractivity contribution is 6.32. The van der Waals surface area contributed by atoms with E-state index in [2.05, 4.69) is 0 Å². The zero-order valence-corrected chi connectivity index (χ0v) is 8.91. The van der Waals surface area contributed by atoms with E-state index in [1.807, 2.05) is 59.4 Å². The number of para-hydroxylation sites is 1. The minimum absolute atomic E-state index is 0. The van der Waals surface area contributed by atoms with Crippen LogP contribution in [-0.2, 0) is 0 Å². The lowest BCUT2D eigenvalue weighted by Crippen LogP contribution is -3.00. The number of halogens is 2. The Morgan fingerprint density at radius 3 is 2.14 bits per heavy atom. The van der Waals surface area contributed by atoms with Crippen molar-refractivity contribution in [1.82, 2.24) is 0 Å². The summed E-state index contributed by atoms with van der Waals surface area (Å²) in [5.74, 6) is 0. The van der Waals surface area contributed by atoms with Gasteiger partial charge in [0.2, 0.25) is 5.69 Å². The molecule has 1 aromatic heterocycles. The maximum Gasteiger partial charge on any atom is 0.229 e. The van der Waals surface area contributed by atoms with Crippen LogP contribution in [0.15, 0.2) is 54.9 Å². The molecule has 1 heterocycles. The van der Waals surface area contributed by atoms with E-state index in [0.29, 0.717) is 0 Å². The molecule has 1 aromatic carbocycles. The topological polar surface area (TPSA) is 3.88 Å². The van der Waals surface area contributed by atoms with Gasteiger partial charge in [0.25, 0.3) is 0 Å². The van der Waals surface area contributed by atoms with Crippen molar-refractivity contribution in [3.05, 3.63) is 59.9 Å². The average Bonchev–Trinajstić information content (AvgIpc) is 2.20. The average molecular weight is 226 g/mol. The van der Waals surface area contributed by atoms with Crippen molar-refractivity contribution >= 4 is 11.6 Å². The molecule has 0 saturated carbocycles. The van der Waals surface area contributed by atoms with E-state index in [4.69, 9.17) is 11.6 Å². The molecule has 14 heavy (non-hydrogen) atoms. The highest BCUT2D eigenvalue weighted by atomic mass is 35.5. The number of hydrogen-bond acceptors (Lipinski definition) is 0. The van der Waals surface area contributed by atoms with Gasteiger partial charge in [0.1, 0.15) is 5.02 Å². The summed E-state index contributed by atoms with van der Waals surface area (Å²) in [4.78, 5) is 0. The van der Waals surface area contributed by atoms with Gasteiger partial charge in [-0.2, -0.15) is 4.57 Å². The monoisotopic (exact) mass is 225 g/mol. The third-order valence-corrected chi connectivity index (χ3v) is 2.17. The quantitative estimate of drug-likeness (QED) is 0.584. The Kier molecular flexibility index (Phi) is 3.93. The summed E-state index contributed by atoms with van der Waals surface area (Å²) in [6, 6.07) is 13.7. The van der Waals surface area contributed by atoms with Crippen molar-refractivity contribution < 1.29 is 17.0 Å². The largest absolute Gasteiger partial charge is 1.00 e. The minimum Gasteiger partial charge on any atom is -1.00 e. The van der Waals surface area contributed by atoms with E-state index in [9.17, 15) is 0 Å². The fourth-order valence-electron chi connectivity index (χ4n) is 1.22. The van der Waals surface area contributed by atoms with Crippen molar-refractivity contribution in [3.63, 3.8) is 0 Å². The van der Waals surface area contributed by atoms with Gasteiger partial charge in [0, 0.05) is 18.2 Å². The number of hydrogen-bond donors (Lipinski definition) is 0. The number of rotatable bonds is 1. The lowest BCUT2D eigenvalue weighted by molar-refractivity contribution is -0.595. The zero-order chi connectivity index (χ0) is 9.10. The van der Waals surface area contributed by atoms with Crippen molar-refractivity contribution in [2.45, 2.75) is 0 Å². The van der Waals surface area contributed by atoms with Crippen LogP contribution in [0.3, 0.4) is 0 Å². The van der Waals surface area contributed by atoms with Crippen LogP contribution in [0.5, 0.6) is 0 Å². The first-order valence-corrected chi connectivity index (χ1v) is 4.47. The van der Waals surface area contributed by atoms with Gasteiger partial charge in [-0.3, -0.25) is 0 Å². The van der Waals surface area contributed by atoms with Crippen molar-refractivity contribution in [2.75, 3.05) is 0 Å². The summed E-state index contributed by atoms with van der Waals surface area (Å²) in [6.07, 6.45) is 3.95. The van der Waals surface area contributed by atoms with E-state index >= 15 is 0 Å². The molecule has 0 aliphatic heterocycles. The van der Waals surface area contributed by atoms with E-state index in [1.165, 1.54) is 0 Å². The number of aromatic nitrogens is 1. The van der Waals surface area contributed by atoms with Crippen LogP contribution in [0.1, 0.15) is 0 Å². The Hall–Kier alpha value is -1.05. The molecular formula is C11H9Cl2N. The Balaban J connectivity index is 0.000000980. The molecule has 1 nitrogen and oxygen atoms in total. The molecule has 2 rings (SSSR count). The fraction of sp³-hybridized carbons (Fsp3) is 0. The highest BCUT2D eigenvalue weighted by Gasteiger charge is 2.07. The molecule has 0 N–H and O–H groups in total. The number of benzene rings is 1. The number of nitrogens with zero attached hydrogens (tertiary/aromatic N) is 1. The summed E-state index contributed by atoms with van der Waals surface area (Å²) in [5.41, 5.74) is 1.00. The van der Waals surface area contributed by atoms with E-state index in [-0.39, 0.29) is 12.4 Å². The van der Waals surface area contributed by atoms with E-state index in [0.717, 1.165) is 10.7 Å². The maximum absolute atomic E-state index is 6.04. The first-order chi connectivity index (χ1) is 6.38. The van der Waals surface area contributed by atoms with Crippen molar-refractivity contribution in [3.8, 4) is 5.69 Å². The third-order valence-electron chi connectivity index (χ3n) is 1.85. The smallest absolute Gasteiger partial charge is 0.229 e. The van der Waals surface area contributed by atoms with Gasteiger partial charge < -0.3 is 12.4 Å². The lowest BCUT2D eigenvalue weighted by atomic mass is 10.3. The van der Waals surface area contributed by atoms with Gasteiger partial charge in [-0.25, -0.2) is 0 Å². The van der Waals surface area contributed by atoms with Crippen LogP contribution in [0.4, 0.5) is 0 Å². The minimum atomic E-state index is 0. The van der Waals surface area contributed by atoms with Crippen molar-refractivity contribution in [1.29, 1.82) is 0 Å². The predicted octanol–water partition coefficient (Wildman–Crippen LogP) is -0.379. The molecule has 72 valence electrons. The fourth-order valence-corrected chi connectivity index (χ4v) is 1.45. The molecule has 0 unspecified atom stereocenters. The maximum atomic E-state index is 6.04. The summed E-state index contributed by atoms with van der Waals surface area (Å²) >= 11 is 6.04. The SMILES string of the molecule is Clc1ccccc1-[n+]1ccccc1.[Cl-]. The van der Waals surface area contributed by atoms with Gasteiger partial charge in [0.05, 0.1) is 0 Å². The molecule has 0 radical (unpaired) electrons. The Morgan fingerprint density at radius 2 is 1.50 bits per heavy atom. The third kappa shape index (κ3) is 2.25. The van der Waals surface area contributed by atoms with Crippen LogP contribution < -0.4 is 17.0 Å². The summed E-state index contributed by atoms with van der Waals surface area (Å²) in [7, 11) is 0. The zero-order valence-electron chi connectivity index (χ0n) is 7.40. The van der Waals surface area contributed by atoms with Crippen LogP contribution in [0.2, 0.25) is 5.02 Å². The highest BCUT2D eigenvalue weighted by Crippen LogP contribution is 2.13. The molecule has 0 amide bonds. The van der Waals surface area contributed by atoms with Gasteiger partial charge in [-0.1, -0.05) is 29.8 Å². The molecule has 0 aliphatic rings. The normalized spacial score (nSPS) is 9.21. The second kappa shape index (κ2) is 4.99. The van der Waals surface area contributed by atoms with E-state index < -0.39 is 0 Å². The molecule has 0 saturated heterocycles. The molecule has 0 atom stereocenters. The second-order valence-corrected chi connectivity index (χ2v) is 3.14. The first-order valence-electron chi connectivity index (χ1n) is 4.09. The van der Waals surface area contributed by atoms with Gasteiger partial charge in [0.15, 0.2) is 12.4 Å². The van der Waals surface area contributed by atoms with Crippen LogP contribution in [0, 0.1) is 0 Å². The van der Waals surface area contributed by atoms with Crippen LogP contribution >= 0.6 is 11.6 Å². The van der Waals surface area contributed by atoms with Crippen molar-refractivity contribution in [2.24, 2.45) is 0 Å². The van der Waals surface area contributed by atoms with E-state index in [1.54, 1.807) is 0 Å². The standard InChI is InChI=1S/C11H9ClN.ClH/c12-10-6-2-3-7-11(10)13-8-4-1-5-9-13;/h1-9H;1H/q+1;/p-1. The molecule has 0 fully saturated rings. The molecule has 2 aromatic rings. The predicted molar refractivity (Wildman–Crippen MR) is 53.0 cm³/mol. The van der Waals surface area contributed by atoms with Gasteiger partial charge in [-0.15, -0.1) is 0 Å². The summed E-state index contributed by atoms with van der Waals surface area (Å²) < 4.78 is 1.99. The Morgan fingerprint density at radius 1 is 0.857 bits per heavy atom. The Bertz CT molecular complexity index is 401. The molecule has 0 bridgehead atoms. The lowest BCUT2D eigenvalue weighted by Gasteiger charge is -1.96. The second-order valence-electron chi connectivity index (χ2n) is 2.73. The molecule has 0 aliphatic carbocycles.